The van der Waals surface area contributed by atoms with Crippen molar-refractivity contribution < 1.29 is 0 Å². The second-order valence-corrected chi connectivity index (χ2v) is 5.30. The van der Waals surface area contributed by atoms with Gasteiger partial charge in [-0.05, 0) is 63.9 Å². The summed E-state index contributed by atoms with van der Waals surface area (Å²) in [5.74, 6) is 0. The van der Waals surface area contributed by atoms with Crippen molar-refractivity contribution in [3.05, 3.63) is 34.9 Å². The zero-order valence-corrected chi connectivity index (χ0v) is 11.1. The molecule has 1 aromatic carbocycles. The van der Waals surface area contributed by atoms with Gasteiger partial charge in [-0.15, -0.1) is 0 Å². The van der Waals surface area contributed by atoms with Crippen LogP contribution in [0.3, 0.4) is 0 Å². The molecule has 1 fully saturated rings. The third-order valence-electron chi connectivity index (χ3n) is 3.79. The number of likely N-dealkylation sites (tertiary alicyclic amines) is 1. The van der Waals surface area contributed by atoms with Gasteiger partial charge < -0.3 is 10.6 Å². The van der Waals surface area contributed by atoms with E-state index in [2.05, 4.69) is 36.9 Å². The molecule has 0 saturated carbocycles. The van der Waals surface area contributed by atoms with Gasteiger partial charge in [-0.25, -0.2) is 0 Å². The zero-order chi connectivity index (χ0) is 12.3. The minimum absolute atomic E-state index is 0.190. The Morgan fingerprint density at radius 3 is 2.65 bits per heavy atom. The molecule has 1 aliphatic heterocycles. The second kappa shape index (κ2) is 5.65. The van der Waals surface area contributed by atoms with E-state index in [1.54, 1.807) is 0 Å². The third kappa shape index (κ3) is 3.30. The second-order valence-electron chi connectivity index (χ2n) is 5.30. The lowest BCUT2D eigenvalue weighted by Gasteiger charge is -2.20. The van der Waals surface area contributed by atoms with Crippen LogP contribution in [0, 0.1) is 13.8 Å². The van der Waals surface area contributed by atoms with Gasteiger partial charge in [0.05, 0.1) is 0 Å². The summed E-state index contributed by atoms with van der Waals surface area (Å²) in [5, 5.41) is 0. The van der Waals surface area contributed by atoms with Gasteiger partial charge in [0.2, 0.25) is 0 Å². The molecule has 1 unspecified atom stereocenters. The van der Waals surface area contributed by atoms with E-state index in [0.717, 1.165) is 13.0 Å². The number of nitrogens with zero attached hydrogens (tertiary/aromatic N) is 1. The molecule has 0 spiro atoms. The van der Waals surface area contributed by atoms with Gasteiger partial charge in [-0.3, -0.25) is 0 Å². The molecule has 0 radical (unpaired) electrons. The molecule has 0 amide bonds. The van der Waals surface area contributed by atoms with Crippen LogP contribution in [0.15, 0.2) is 18.2 Å². The average Bonchev–Trinajstić information content (AvgIpc) is 2.82. The van der Waals surface area contributed by atoms with Crippen LogP contribution in [0.25, 0.3) is 0 Å². The summed E-state index contributed by atoms with van der Waals surface area (Å²) in [6.07, 6.45) is 3.79. The SMILES string of the molecule is Cc1ccc(C)c(C(N)CCN2CCCC2)c1. The molecule has 94 valence electrons. The minimum atomic E-state index is 0.190. The maximum atomic E-state index is 6.32. The van der Waals surface area contributed by atoms with Gasteiger partial charge in [0.1, 0.15) is 0 Å². The Bertz CT molecular complexity index is 367. The Morgan fingerprint density at radius 1 is 1.24 bits per heavy atom. The van der Waals surface area contributed by atoms with Crippen molar-refractivity contribution in [2.75, 3.05) is 19.6 Å². The molecule has 1 saturated heterocycles. The van der Waals surface area contributed by atoms with Crippen LogP contribution >= 0.6 is 0 Å². The molecule has 2 N–H and O–H groups in total. The fourth-order valence-corrected chi connectivity index (χ4v) is 2.64. The maximum Gasteiger partial charge on any atom is 0.0309 e. The average molecular weight is 232 g/mol. The molecule has 2 nitrogen and oxygen atoms in total. The Morgan fingerprint density at radius 2 is 1.94 bits per heavy atom. The van der Waals surface area contributed by atoms with Crippen LogP contribution in [0.1, 0.15) is 42.0 Å². The Kier molecular flexibility index (Phi) is 4.19. The summed E-state index contributed by atoms with van der Waals surface area (Å²) in [7, 11) is 0. The molecule has 1 aliphatic rings. The van der Waals surface area contributed by atoms with Crippen molar-refractivity contribution in [3.8, 4) is 0 Å². The number of rotatable bonds is 4. The molecule has 1 heterocycles. The van der Waals surface area contributed by atoms with Crippen molar-refractivity contribution in [3.63, 3.8) is 0 Å². The number of nitrogens with two attached hydrogens (primary N) is 1. The van der Waals surface area contributed by atoms with Gasteiger partial charge in [-0.2, -0.15) is 0 Å². The lowest BCUT2D eigenvalue weighted by atomic mass is 9.97. The minimum Gasteiger partial charge on any atom is -0.324 e. The first-order valence-corrected chi connectivity index (χ1v) is 6.72. The smallest absolute Gasteiger partial charge is 0.0309 e. The monoisotopic (exact) mass is 232 g/mol. The fraction of sp³-hybridized carbons (Fsp3) is 0.600. The van der Waals surface area contributed by atoms with Crippen LogP contribution in [-0.2, 0) is 0 Å². The van der Waals surface area contributed by atoms with Crippen molar-refractivity contribution in [1.82, 2.24) is 4.90 Å². The van der Waals surface area contributed by atoms with Crippen molar-refractivity contribution >= 4 is 0 Å². The van der Waals surface area contributed by atoms with Gasteiger partial charge in [0.25, 0.3) is 0 Å². The summed E-state index contributed by atoms with van der Waals surface area (Å²) in [6, 6.07) is 6.77. The highest BCUT2D eigenvalue weighted by atomic mass is 15.1. The van der Waals surface area contributed by atoms with E-state index < -0.39 is 0 Å². The molecule has 0 aliphatic carbocycles. The van der Waals surface area contributed by atoms with E-state index in [-0.39, 0.29) is 6.04 Å². The first-order chi connectivity index (χ1) is 8.16. The zero-order valence-electron chi connectivity index (χ0n) is 11.1. The first kappa shape index (κ1) is 12.6. The molecule has 0 aromatic heterocycles. The normalized spacial score (nSPS) is 18.5. The Hall–Kier alpha value is -0.860. The largest absolute Gasteiger partial charge is 0.324 e. The maximum absolute atomic E-state index is 6.32. The summed E-state index contributed by atoms with van der Waals surface area (Å²) in [4.78, 5) is 2.53. The lowest BCUT2D eigenvalue weighted by molar-refractivity contribution is 0.322. The van der Waals surface area contributed by atoms with Crippen molar-refractivity contribution in [2.24, 2.45) is 5.73 Å². The Labute approximate surface area is 105 Å². The van der Waals surface area contributed by atoms with Crippen LogP contribution in [0.5, 0.6) is 0 Å². The fourth-order valence-electron chi connectivity index (χ4n) is 2.64. The van der Waals surface area contributed by atoms with Crippen molar-refractivity contribution in [1.29, 1.82) is 0 Å². The topological polar surface area (TPSA) is 29.3 Å². The van der Waals surface area contributed by atoms with E-state index in [1.807, 2.05) is 0 Å². The van der Waals surface area contributed by atoms with Gasteiger partial charge in [-0.1, -0.05) is 23.8 Å². The number of aryl methyl sites for hydroxylation is 2. The van der Waals surface area contributed by atoms with Gasteiger partial charge in [0.15, 0.2) is 0 Å². The first-order valence-electron chi connectivity index (χ1n) is 6.72. The van der Waals surface area contributed by atoms with E-state index in [0.29, 0.717) is 0 Å². The molecule has 0 bridgehead atoms. The molecule has 1 atom stereocenters. The van der Waals surface area contributed by atoms with E-state index in [9.17, 15) is 0 Å². The number of hydrogen-bond donors (Lipinski definition) is 1. The van der Waals surface area contributed by atoms with Crippen LogP contribution in [0.4, 0.5) is 0 Å². The lowest BCUT2D eigenvalue weighted by Crippen LogP contribution is -2.24. The quantitative estimate of drug-likeness (QED) is 0.865. The van der Waals surface area contributed by atoms with E-state index >= 15 is 0 Å². The van der Waals surface area contributed by atoms with Crippen LogP contribution in [-0.4, -0.2) is 24.5 Å². The molecular weight excluding hydrogens is 208 g/mol. The number of hydrogen-bond acceptors (Lipinski definition) is 2. The van der Waals surface area contributed by atoms with Crippen molar-refractivity contribution in [2.45, 2.75) is 39.2 Å². The summed E-state index contributed by atoms with van der Waals surface area (Å²) in [5.41, 5.74) is 10.3. The van der Waals surface area contributed by atoms with Gasteiger partial charge >= 0.3 is 0 Å². The summed E-state index contributed by atoms with van der Waals surface area (Å²) >= 11 is 0. The third-order valence-corrected chi connectivity index (χ3v) is 3.79. The van der Waals surface area contributed by atoms with Gasteiger partial charge in [0, 0.05) is 6.04 Å². The highest BCUT2D eigenvalue weighted by molar-refractivity contribution is 5.32. The molecule has 17 heavy (non-hydrogen) atoms. The van der Waals surface area contributed by atoms with E-state index in [4.69, 9.17) is 5.73 Å². The standard InChI is InChI=1S/C15H24N2/c1-12-5-6-13(2)14(11-12)15(16)7-10-17-8-3-4-9-17/h5-6,11,15H,3-4,7-10,16H2,1-2H3. The summed E-state index contributed by atoms with van der Waals surface area (Å²) < 4.78 is 0. The highest BCUT2D eigenvalue weighted by Gasteiger charge is 2.14. The Balaban J connectivity index is 1.93. The molecular formula is C15H24N2. The van der Waals surface area contributed by atoms with Crippen LogP contribution in [0.2, 0.25) is 0 Å². The molecule has 2 rings (SSSR count). The van der Waals surface area contributed by atoms with E-state index in [1.165, 1.54) is 42.6 Å². The van der Waals surface area contributed by atoms with Crippen LogP contribution < -0.4 is 5.73 Å². The molecule has 2 heteroatoms. The molecule has 1 aromatic rings. The highest BCUT2D eigenvalue weighted by Crippen LogP contribution is 2.21. The predicted molar refractivity (Wildman–Crippen MR) is 73.1 cm³/mol. The summed E-state index contributed by atoms with van der Waals surface area (Å²) in [6.45, 7) is 7.97. The predicted octanol–water partition coefficient (Wildman–Crippen LogP) is 2.79. The number of benzene rings is 1.